The molecule has 0 spiro atoms. The van der Waals surface area contributed by atoms with Crippen molar-refractivity contribution in [1.82, 2.24) is 0 Å². The molecule has 2 aliphatic carbocycles. The van der Waals surface area contributed by atoms with Crippen LogP contribution in [0.4, 0.5) is 17.1 Å². The van der Waals surface area contributed by atoms with Gasteiger partial charge in [-0.05, 0) is 60.5 Å². The molecule has 230 valence electrons. The summed E-state index contributed by atoms with van der Waals surface area (Å²) in [7, 11) is 0. The molecule has 3 unspecified atom stereocenters. The van der Waals surface area contributed by atoms with Crippen LogP contribution in [-0.4, -0.2) is 12.1 Å². The summed E-state index contributed by atoms with van der Waals surface area (Å²) < 4.78 is 6.35. The van der Waals surface area contributed by atoms with E-state index in [-0.39, 0.29) is 11.5 Å². The lowest BCUT2D eigenvalue weighted by Gasteiger charge is -2.40. The predicted molar refractivity (Wildman–Crippen MR) is 199 cm³/mol. The molecule has 6 aromatic rings. The molecule has 0 amide bonds. The highest BCUT2D eigenvalue weighted by Gasteiger charge is 2.46. The van der Waals surface area contributed by atoms with Crippen molar-refractivity contribution in [2.75, 3.05) is 16.3 Å². The van der Waals surface area contributed by atoms with Gasteiger partial charge in [0.05, 0.1) is 17.2 Å². The van der Waals surface area contributed by atoms with Gasteiger partial charge in [-0.2, -0.15) is 0 Å². The molecule has 3 heteroatoms. The smallest absolute Gasteiger partial charge is 0.143 e. The van der Waals surface area contributed by atoms with Gasteiger partial charge in [-0.25, -0.2) is 0 Å². The molecule has 3 aliphatic rings. The van der Waals surface area contributed by atoms with Gasteiger partial charge in [0.25, 0.3) is 0 Å². The molecule has 5 aromatic carbocycles. The van der Waals surface area contributed by atoms with Crippen LogP contribution < -0.4 is 9.80 Å². The van der Waals surface area contributed by atoms with E-state index in [0.717, 1.165) is 56.7 Å². The SMILES string of the molecule is CC12C=CC=CC1c1ccccc1N2CC1C#CC=C(N(c2ccccc2)c2ccc(-c3cccc4c3oc3ccccc34)cc2)C=C1. The van der Waals surface area contributed by atoms with E-state index < -0.39 is 0 Å². The third-order valence-electron chi connectivity index (χ3n) is 10.1. The van der Waals surface area contributed by atoms with Crippen molar-refractivity contribution in [3.8, 4) is 23.0 Å². The quantitative estimate of drug-likeness (QED) is 0.173. The predicted octanol–water partition coefficient (Wildman–Crippen LogP) is 11.0. The molecule has 1 aromatic heterocycles. The highest BCUT2D eigenvalue weighted by molar-refractivity contribution is 6.09. The van der Waals surface area contributed by atoms with Crippen LogP contribution in [-0.2, 0) is 0 Å². The summed E-state index contributed by atoms with van der Waals surface area (Å²) in [5.41, 5.74) is 9.81. The van der Waals surface area contributed by atoms with Crippen LogP contribution in [0.15, 0.2) is 174 Å². The fourth-order valence-electron chi connectivity index (χ4n) is 7.72. The summed E-state index contributed by atoms with van der Waals surface area (Å²) in [4.78, 5) is 4.84. The Morgan fingerprint density at radius 3 is 2.42 bits per heavy atom. The number of hydrogen-bond acceptors (Lipinski definition) is 3. The number of anilines is 3. The van der Waals surface area contributed by atoms with E-state index in [1.54, 1.807) is 0 Å². The lowest BCUT2D eigenvalue weighted by molar-refractivity contribution is 0.487. The third-order valence-corrected chi connectivity index (χ3v) is 10.1. The van der Waals surface area contributed by atoms with Gasteiger partial charge in [0, 0.05) is 51.9 Å². The van der Waals surface area contributed by atoms with Gasteiger partial charge in [-0.15, -0.1) is 0 Å². The van der Waals surface area contributed by atoms with Crippen LogP contribution >= 0.6 is 0 Å². The topological polar surface area (TPSA) is 19.6 Å². The number of benzene rings is 5. The monoisotopic (exact) mass is 618 g/mol. The van der Waals surface area contributed by atoms with E-state index in [9.17, 15) is 0 Å². The standard InChI is InChI=1S/C45H34N2O/c1-45-30-10-9-21-41(45)40-18-5-7-22-42(40)46(45)31-32-13-11-16-35(27-24-32)47(34-14-3-2-4-15-34)36-28-25-33(26-29-36)37-19-12-20-39-38-17-6-8-23-43(38)48-44(37)39/h2-10,12,14-30,32,41H,31H2,1H3. The summed E-state index contributed by atoms with van der Waals surface area (Å²) in [6, 6.07) is 42.8. The molecule has 3 nitrogen and oxygen atoms in total. The Hall–Kier alpha value is -5.98. The molecule has 0 bridgehead atoms. The lowest BCUT2D eigenvalue weighted by Crippen LogP contribution is -2.46. The van der Waals surface area contributed by atoms with Gasteiger partial charge in [0.15, 0.2) is 0 Å². The minimum atomic E-state index is -0.110. The maximum Gasteiger partial charge on any atom is 0.143 e. The van der Waals surface area contributed by atoms with Crippen molar-refractivity contribution >= 4 is 39.0 Å². The first kappa shape index (κ1) is 28.3. The molecule has 3 atom stereocenters. The molecule has 9 rings (SSSR count). The van der Waals surface area contributed by atoms with Crippen LogP contribution in [0, 0.1) is 17.8 Å². The van der Waals surface area contributed by atoms with E-state index in [0.29, 0.717) is 5.92 Å². The van der Waals surface area contributed by atoms with Gasteiger partial charge in [0.2, 0.25) is 0 Å². The summed E-state index contributed by atoms with van der Waals surface area (Å²) >= 11 is 0. The van der Waals surface area contributed by atoms with E-state index in [1.165, 1.54) is 11.3 Å². The van der Waals surface area contributed by atoms with Crippen LogP contribution in [0.1, 0.15) is 18.4 Å². The second kappa shape index (κ2) is 11.4. The lowest BCUT2D eigenvalue weighted by atomic mass is 9.80. The molecule has 0 saturated heterocycles. The molecular formula is C45H34N2O. The third kappa shape index (κ3) is 4.61. The average molecular weight is 619 g/mol. The van der Waals surface area contributed by atoms with Crippen LogP contribution in [0.3, 0.4) is 0 Å². The fourth-order valence-corrected chi connectivity index (χ4v) is 7.72. The van der Waals surface area contributed by atoms with Crippen LogP contribution in [0.2, 0.25) is 0 Å². The largest absolute Gasteiger partial charge is 0.455 e. The number of hydrogen-bond donors (Lipinski definition) is 0. The maximum atomic E-state index is 6.35. The van der Waals surface area contributed by atoms with Gasteiger partial charge in [-0.1, -0.05) is 127 Å². The van der Waals surface area contributed by atoms with E-state index in [1.807, 2.05) is 12.1 Å². The highest BCUT2D eigenvalue weighted by atomic mass is 16.3. The second-order valence-corrected chi connectivity index (χ2v) is 12.9. The Morgan fingerprint density at radius 2 is 1.52 bits per heavy atom. The minimum Gasteiger partial charge on any atom is -0.455 e. The summed E-state index contributed by atoms with van der Waals surface area (Å²) in [6.45, 7) is 3.17. The second-order valence-electron chi connectivity index (χ2n) is 12.9. The molecule has 0 saturated carbocycles. The zero-order valence-corrected chi connectivity index (χ0v) is 26.8. The molecule has 2 heterocycles. The molecule has 0 N–H and O–H groups in total. The summed E-state index contributed by atoms with van der Waals surface area (Å²) in [5, 5.41) is 2.28. The Morgan fingerprint density at radius 1 is 0.750 bits per heavy atom. The van der Waals surface area contributed by atoms with Crippen LogP contribution in [0.25, 0.3) is 33.1 Å². The Labute approximate surface area is 281 Å². The summed E-state index contributed by atoms with van der Waals surface area (Å²) in [5.74, 6) is 7.41. The molecule has 48 heavy (non-hydrogen) atoms. The number of fused-ring (bicyclic) bond motifs is 6. The minimum absolute atomic E-state index is 0.0750. The first-order valence-electron chi connectivity index (χ1n) is 16.7. The zero-order valence-electron chi connectivity index (χ0n) is 26.8. The van der Waals surface area contributed by atoms with Gasteiger partial charge in [0.1, 0.15) is 11.2 Å². The van der Waals surface area contributed by atoms with Crippen molar-refractivity contribution < 1.29 is 4.42 Å². The number of nitrogens with zero attached hydrogens (tertiary/aromatic N) is 2. The Kier molecular flexibility index (Phi) is 6.69. The van der Waals surface area contributed by atoms with Crippen molar-refractivity contribution in [2.45, 2.75) is 18.4 Å². The average Bonchev–Trinajstić information content (AvgIpc) is 3.52. The Bertz CT molecular complexity index is 2360. The highest BCUT2D eigenvalue weighted by Crippen LogP contribution is 2.50. The first-order chi connectivity index (χ1) is 23.7. The molecule has 0 radical (unpaired) electrons. The van der Waals surface area contributed by atoms with E-state index >= 15 is 0 Å². The number of allylic oxidation sites excluding steroid dienone is 4. The Balaban J connectivity index is 1.03. The first-order valence-corrected chi connectivity index (χ1v) is 16.7. The normalized spacial score (nSPS) is 20.6. The van der Waals surface area contributed by atoms with Gasteiger partial charge in [-0.3, -0.25) is 0 Å². The van der Waals surface area contributed by atoms with Crippen molar-refractivity contribution in [3.05, 3.63) is 175 Å². The molecule has 0 fully saturated rings. The van der Waals surface area contributed by atoms with Gasteiger partial charge >= 0.3 is 0 Å². The number of furan rings is 1. The molecule has 1 aliphatic heterocycles. The number of para-hydroxylation sites is 4. The fraction of sp³-hybridized carbons (Fsp3) is 0.111. The van der Waals surface area contributed by atoms with Crippen molar-refractivity contribution in [2.24, 2.45) is 5.92 Å². The summed E-state index contributed by atoms with van der Waals surface area (Å²) in [6.07, 6.45) is 15.6. The molecular weight excluding hydrogens is 585 g/mol. The van der Waals surface area contributed by atoms with Gasteiger partial charge < -0.3 is 14.2 Å². The van der Waals surface area contributed by atoms with Crippen molar-refractivity contribution in [3.63, 3.8) is 0 Å². The zero-order chi connectivity index (χ0) is 32.1. The van der Waals surface area contributed by atoms with E-state index in [4.69, 9.17) is 4.42 Å². The van der Waals surface area contributed by atoms with Crippen molar-refractivity contribution in [1.29, 1.82) is 0 Å². The van der Waals surface area contributed by atoms with E-state index in [2.05, 4.69) is 180 Å². The maximum absolute atomic E-state index is 6.35. The van der Waals surface area contributed by atoms with Crippen LogP contribution in [0.5, 0.6) is 0 Å². The number of rotatable bonds is 6.